The summed E-state index contributed by atoms with van der Waals surface area (Å²) in [5.74, 6) is 0.352. The number of pyridine rings is 1. The summed E-state index contributed by atoms with van der Waals surface area (Å²) in [5.41, 5.74) is 10.5. The molecule has 0 radical (unpaired) electrons. The lowest BCUT2D eigenvalue weighted by atomic mass is 10.1. The molecule has 6 heteroatoms. The van der Waals surface area contributed by atoms with Crippen molar-refractivity contribution in [3.8, 4) is 0 Å². The summed E-state index contributed by atoms with van der Waals surface area (Å²) < 4.78 is 1.76. The minimum Gasteiger partial charge on any atom is -0.382 e. The molecule has 2 aromatic carbocycles. The molecule has 0 spiro atoms. The predicted molar refractivity (Wildman–Crippen MR) is 109 cm³/mol. The fourth-order valence-electron chi connectivity index (χ4n) is 4.05. The van der Waals surface area contributed by atoms with Gasteiger partial charge in [0.2, 0.25) is 0 Å². The summed E-state index contributed by atoms with van der Waals surface area (Å²) >= 11 is 0. The molecule has 0 saturated carbocycles. The number of benzene rings is 2. The van der Waals surface area contributed by atoms with Crippen molar-refractivity contribution >= 4 is 33.4 Å². The van der Waals surface area contributed by atoms with Crippen molar-refractivity contribution < 1.29 is 0 Å². The number of anilines is 2. The van der Waals surface area contributed by atoms with Gasteiger partial charge in [0.15, 0.2) is 0 Å². The molecule has 1 aliphatic heterocycles. The molecule has 3 heterocycles. The van der Waals surface area contributed by atoms with Crippen LogP contribution in [0.15, 0.2) is 53.3 Å². The number of imidazole rings is 1. The van der Waals surface area contributed by atoms with Crippen LogP contribution in [0, 0.1) is 0 Å². The van der Waals surface area contributed by atoms with Crippen LogP contribution in [0.25, 0.3) is 21.9 Å². The van der Waals surface area contributed by atoms with E-state index in [9.17, 15) is 4.79 Å². The monoisotopic (exact) mass is 359 g/mol. The molecular weight excluding hydrogens is 338 g/mol. The van der Waals surface area contributed by atoms with E-state index in [1.165, 1.54) is 18.5 Å². The second-order valence-electron chi connectivity index (χ2n) is 7.12. The van der Waals surface area contributed by atoms with E-state index in [2.05, 4.69) is 39.1 Å². The first-order valence-corrected chi connectivity index (χ1v) is 9.31. The Hall–Kier alpha value is -3.28. The average molecular weight is 359 g/mol. The number of nitrogen functional groups attached to an aromatic ring is 1. The second kappa shape index (κ2) is 6.16. The van der Waals surface area contributed by atoms with Gasteiger partial charge in [-0.1, -0.05) is 30.3 Å². The number of nitrogens with one attached hydrogen (secondary N) is 1. The molecule has 0 unspecified atom stereocenters. The maximum absolute atomic E-state index is 12.7. The molecule has 0 aliphatic carbocycles. The van der Waals surface area contributed by atoms with Gasteiger partial charge in [-0.2, -0.15) is 0 Å². The summed E-state index contributed by atoms with van der Waals surface area (Å²) in [7, 11) is 0. The number of aromatic nitrogens is 3. The third-order valence-electron chi connectivity index (χ3n) is 5.36. The zero-order chi connectivity index (χ0) is 18.4. The first kappa shape index (κ1) is 15.9. The van der Waals surface area contributed by atoms with Crippen LogP contribution in [0.5, 0.6) is 0 Å². The number of nitrogens with zero attached hydrogens (tertiary/aromatic N) is 3. The molecule has 0 amide bonds. The van der Waals surface area contributed by atoms with Crippen molar-refractivity contribution in [1.29, 1.82) is 0 Å². The minimum absolute atomic E-state index is 0.165. The van der Waals surface area contributed by atoms with Gasteiger partial charge in [0, 0.05) is 24.2 Å². The van der Waals surface area contributed by atoms with E-state index in [4.69, 9.17) is 5.73 Å². The highest BCUT2D eigenvalue weighted by atomic mass is 16.1. The SMILES string of the molecule is Nc1nc2ccccc2c2c1[nH]c(=O)n2Cc1cccc(N2CCCC2)c1. The van der Waals surface area contributed by atoms with Crippen molar-refractivity contribution in [2.75, 3.05) is 23.7 Å². The van der Waals surface area contributed by atoms with Crippen molar-refractivity contribution in [3.63, 3.8) is 0 Å². The Morgan fingerprint density at radius 2 is 1.89 bits per heavy atom. The van der Waals surface area contributed by atoms with Gasteiger partial charge in [-0.25, -0.2) is 9.78 Å². The van der Waals surface area contributed by atoms with Crippen molar-refractivity contribution in [3.05, 3.63) is 64.6 Å². The van der Waals surface area contributed by atoms with Gasteiger partial charge in [-0.15, -0.1) is 0 Å². The summed E-state index contributed by atoms with van der Waals surface area (Å²) in [6.07, 6.45) is 2.48. The maximum Gasteiger partial charge on any atom is 0.326 e. The fourth-order valence-corrected chi connectivity index (χ4v) is 4.05. The first-order chi connectivity index (χ1) is 13.2. The zero-order valence-corrected chi connectivity index (χ0v) is 15.0. The van der Waals surface area contributed by atoms with Crippen LogP contribution in [-0.4, -0.2) is 27.6 Å². The van der Waals surface area contributed by atoms with Gasteiger partial charge in [0.1, 0.15) is 11.3 Å². The number of fused-ring (bicyclic) bond motifs is 3. The Labute approximate surface area is 156 Å². The summed E-state index contributed by atoms with van der Waals surface area (Å²) in [4.78, 5) is 22.4. The molecule has 4 aromatic rings. The van der Waals surface area contributed by atoms with Crippen LogP contribution >= 0.6 is 0 Å². The van der Waals surface area contributed by atoms with E-state index in [0.717, 1.165) is 35.1 Å². The predicted octanol–water partition coefficient (Wildman–Crippen LogP) is 3.11. The molecule has 27 heavy (non-hydrogen) atoms. The lowest BCUT2D eigenvalue weighted by Crippen LogP contribution is -2.19. The van der Waals surface area contributed by atoms with Gasteiger partial charge in [0.05, 0.1) is 17.6 Å². The molecule has 1 saturated heterocycles. The number of hydrogen-bond donors (Lipinski definition) is 2. The largest absolute Gasteiger partial charge is 0.382 e. The summed E-state index contributed by atoms with van der Waals surface area (Å²) in [6, 6.07) is 16.2. The second-order valence-corrected chi connectivity index (χ2v) is 7.12. The average Bonchev–Trinajstić information content (AvgIpc) is 3.32. The van der Waals surface area contributed by atoms with E-state index in [0.29, 0.717) is 17.9 Å². The maximum atomic E-state index is 12.7. The Morgan fingerprint density at radius 1 is 1.07 bits per heavy atom. The van der Waals surface area contributed by atoms with Crippen LogP contribution in [0.2, 0.25) is 0 Å². The molecule has 0 atom stereocenters. The van der Waals surface area contributed by atoms with Crippen LogP contribution in [0.4, 0.5) is 11.5 Å². The van der Waals surface area contributed by atoms with Gasteiger partial charge in [0.25, 0.3) is 0 Å². The van der Waals surface area contributed by atoms with Gasteiger partial charge in [-0.05, 0) is 36.6 Å². The van der Waals surface area contributed by atoms with E-state index < -0.39 is 0 Å². The Balaban J connectivity index is 1.64. The highest BCUT2D eigenvalue weighted by Crippen LogP contribution is 2.27. The highest BCUT2D eigenvalue weighted by Gasteiger charge is 2.16. The number of rotatable bonds is 3. The number of para-hydroxylation sites is 1. The lowest BCUT2D eigenvalue weighted by molar-refractivity contribution is 0.788. The molecule has 5 rings (SSSR count). The Kier molecular flexibility index (Phi) is 3.63. The first-order valence-electron chi connectivity index (χ1n) is 9.31. The lowest BCUT2D eigenvalue weighted by Gasteiger charge is -2.18. The van der Waals surface area contributed by atoms with Crippen molar-refractivity contribution in [2.45, 2.75) is 19.4 Å². The zero-order valence-electron chi connectivity index (χ0n) is 15.0. The molecule has 3 N–H and O–H groups in total. The van der Waals surface area contributed by atoms with Gasteiger partial charge < -0.3 is 15.6 Å². The number of aromatic amines is 1. The summed E-state index contributed by atoms with van der Waals surface area (Å²) in [5, 5.41) is 0.927. The third kappa shape index (κ3) is 2.65. The number of hydrogen-bond acceptors (Lipinski definition) is 4. The van der Waals surface area contributed by atoms with Crippen LogP contribution in [-0.2, 0) is 6.54 Å². The van der Waals surface area contributed by atoms with Crippen LogP contribution in [0.1, 0.15) is 18.4 Å². The van der Waals surface area contributed by atoms with E-state index in [1.54, 1.807) is 4.57 Å². The van der Waals surface area contributed by atoms with E-state index in [-0.39, 0.29) is 5.69 Å². The molecule has 1 aliphatic rings. The highest BCUT2D eigenvalue weighted by molar-refractivity contribution is 6.06. The smallest absolute Gasteiger partial charge is 0.326 e. The van der Waals surface area contributed by atoms with Crippen molar-refractivity contribution in [2.24, 2.45) is 0 Å². The number of H-pyrrole nitrogens is 1. The molecule has 1 fully saturated rings. The molecule has 136 valence electrons. The van der Waals surface area contributed by atoms with Crippen LogP contribution < -0.4 is 16.3 Å². The van der Waals surface area contributed by atoms with Crippen LogP contribution in [0.3, 0.4) is 0 Å². The third-order valence-corrected chi connectivity index (χ3v) is 5.36. The fraction of sp³-hybridized carbons (Fsp3) is 0.238. The van der Waals surface area contributed by atoms with E-state index >= 15 is 0 Å². The Morgan fingerprint density at radius 3 is 2.74 bits per heavy atom. The molecular formula is C21H21N5O. The summed E-state index contributed by atoms with van der Waals surface area (Å²) in [6.45, 7) is 2.70. The van der Waals surface area contributed by atoms with Gasteiger partial charge >= 0.3 is 5.69 Å². The topological polar surface area (TPSA) is 79.9 Å². The van der Waals surface area contributed by atoms with Crippen molar-refractivity contribution in [1.82, 2.24) is 14.5 Å². The normalized spacial score (nSPS) is 14.4. The minimum atomic E-state index is -0.165. The molecule has 6 nitrogen and oxygen atoms in total. The standard InChI is InChI=1S/C21H21N5O/c22-20-18-19(16-8-1-2-9-17(16)23-20)26(21(27)24-18)13-14-6-5-7-15(12-14)25-10-3-4-11-25/h1-2,5-9,12H,3-4,10-11,13H2,(H2,22,23)(H,24,27). The molecule has 0 bridgehead atoms. The molecule has 2 aromatic heterocycles. The quantitative estimate of drug-likeness (QED) is 0.589. The van der Waals surface area contributed by atoms with E-state index in [1.807, 2.05) is 24.3 Å². The van der Waals surface area contributed by atoms with Gasteiger partial charge in [-0.3, -0.25) is 4.57 Å². The Bertz CT molecular complexity index is 1200. The number of nitrogens with two attached hydrogens (primary N) is 1.